The van der Waals surface area contributed by atoms with E-state index in [1.54, 1.807) is 0 Å². The van der Waals surface area contributed by atoms with Crippen LogP contribution < -0.4 is 0 Å². The Kier molecular flexibility index (Phi) is 5.16. The maximum absolute atomic E-state index is 4.97. The molecule has 0 radical (unpaired) electrons. The molecule has 0 aliphatic rings. The Hall–Kier alpha value is -3.97. The topological polar surface area (TPSA) is 12.9 Å². The van der Waals surface area contributed by atoms with Crippen molar-refractivity contribution in [3.05, 3.63) is 127 Å². The van der Waals surface area contributed by atoms with Crippen molar-refractivity contribution in [3.63, 3.8) is 0 Å². The Labute approximate surface area is 183 Å². The molecule has 0 aliphatic heterocycles. The average Bonchev–Trinajstić information content (AvgIpc) is 2.85. The summed E-state index contributed by atoms with van der Waals surface area (Å²) >= 11 is 0. The van der Waals surface area contributed by atoms with Crippen LogP contribution in [-0.4, -0.2) is 4.98 Å². The fourth-order valence-electron chi connectivity index (χ4n) is 3.81. The molecule has 0 bridgehead atoms. The number of hydrogen-bond acceptors (Lipinski definition) is 1. The molecule has 31 heavy (non-hydrogen) atoms. The van der Waals surface area contributed by atoms with Crippen molar-refractivity contribution in [3.8, 4) is 44.8 Å². The van der Waals surface area contributed by atoms with E-state index in [4.69, 9.17) is 4.98 Å². The zero-order chi connectivity index (χ0) is 21.0. The molecule has 1 aromatic heterocycles. The molecule has 0 amide bonds. The number of benzene rings is 4. The molecular formula is C30H23N. The first-order valence-corrected chi connectivity index (χ1v) is 10.6. The zero-order valence-corrected chi connectivity index (χ0v) is 17.5. The molecule has 148 valence electrons. The van der Waals surface area contributed by atoms with Crippen molar-refractivity contribution < 1.29 is 0 Å². The summed E-state index contributed by atoms with van der Waals surface area (Å²) in [4.78, 5) is 4.97. The highest BCUT2D eigenvalue weighted by atomic mass is 14.7. The lowest BCUT2D eigenvalue weighted by molar-refractivity contribution is 1.32. The average molecular weight is 398 g/mol. The molecule has 0 aliphatic carbocycles. The van der Waals surface area contributed by atoms with E-state index in [2.05, 4.69) is 116 Å². The molecule has 0 fully saturated rings. The SMILES string of the molecule is Cc1ccc(-c2ccc(-c3cc(-c4ccccc4)nc(-c4ccccc4)c3)cc2)cc1. The van der Waals surface area contributed by atoms with Gasteiger partial charge in [0, 0.05) is 11.1 Å². The van der Waals surface area contributed by atoms with E-state index in [0.717, 1.165) is 22.5 Å². The van der Waals surface area contributed by atoms with Gasteiger partial charge >= 0.3 is 0 Å². The van der Waals surface area contributed by atoms with Gasteiger partial charge in [0.15, 0.2) is 0 Å². The lowest BCUT2D eigenvalue weighted by Crippen LogP contribution is -1.91. The van der Waals surface area contributed by atoms with E-state index in [0.29, 0.717) is 0 Å². The molecule has 5 aromatic rings. The Bertz CT molecular complexity index is 1230. The maximum atomic E-state index is 4.97. The van der Waals surface area contributed by atoms with Crippen LogP contribution in [0.15, 0.2) is 121 Å². The molecule has 0 spiro atoms. The van der Waals surface area contributed by atoms with Crippen LogP contribution in [0.3, 0.4) is 0 Å². The summed E-state index contributed by atoms with van der Waals surface area (Å²) < 4.78 is 0. The van der Waals surface area contributed by atoms with Crippen LogP contribution in [0.2, 0.25) is 0 Å². The second kappa shape index (κ2) is 8.41. The quantitative estimate of drug-likeness (QED) is 0.299. The molecule has 0 saturated heterocycles. The molecule has 0 atom stereocenters. The monoisotopic (exact) mass is 397 g/mol. The molecule has 1 heterocycles. The van der Waals surface area contributed by atoms with Crippen LogP contribution in [0.4, 0.5) is 0 Å². The van der Waals surface area contributed by atoms with Gasteiger partial charge in [0.25, 0.3) is 0 Å². The fourth-order valence-corrected chi connectivity index (χ4v) is 3.81. The van der Waals surface area contributed by atoms with Crippen molar-refractivity contribution in [1.82, 2.24) is 4.98 Å². The minimum absolute atomic E-state index is 0.986. The van der Waals surface area contributed by atoms with E-state index in [1.807, 2.05) is 12.1 Å². The van der Waals surface area contributed by atoms with Gasteiger partial charge in [0.2, 0.25) is 0 Å². The van der Waals surface area contributed by atoms with Gasteiger partial charge in [-0.15, -0.1) is 0 Å². The zero-order valence-electron chi connectivity index (χ0n) is 17.5. The number of aryl methyl sites for hydroxylation is 1. The van der Waals surface area contributed by atoms with Crippen LogP contribution >= 0.6 is 0 Å². The van der Waals surface area contributed by atoms with Crippen molar-refractivity contribution in [2.45, 2.75) is 6.92 Å². The van der Waals surface area contributed by atoms with Crippen LogP contribution in [0.1, 0.15) is 5.56 Å². The van der Waals surface area contributed by atoms with Gasteiger partial charge in [0.1, 0.15) is 0 Å². The number of rotatable bonds is 4. The normalized spacial score (nSPS) is 10.7. The van der Waals surface area contributed by atoms with Crippen molar-refractivity contribution in [1.29, 1.82) is 0 Å². The van der Waals surface area contributed by atoms with Gasteiger partial charge in [0.05, 0.1) is 11.4 Å². The third kappa shape index (κ3) is 4.17. The highest BCUT2D eigenvalue weighted by Crippen LogP contribution is 2.31. The van der Waals surface area contributed by atoms with Crippen LogP contribution in [0, 0.1) is 6.92 Å². The van der Waals surface area contributed by atoms with Crippen molar-refractivity contribution >= 4 is 0 Å². The Morgan fingerprint density at radius 3 is 1.23 bits per heavy atom. The summed E-state index contributed by atoms with van der Waals surface area (Å²) in [6.45, 7) is 2.12. The Morgan fingerprint density at radius 2 is 0.774 bits per heavy atom. The molecular weight excluding hydrogens is 374 g/mol. The van der Waals surface area contributed by atoms with E-state index in [1.165, 1.54) is 27.8 Å². The van der Waals surface area contributed by atoms with E-state index >= 15 is 0 Å². The molecule has 0 saturated carbocycles. The molecule has 1 nitrogen and oxygen atoms in total. The molecule has 4 aromatic carbocycles. The standard InChI is InChI=1S/C30H23N/c1-22-12-14-23(15-13-22)24-16-18-25(19-17-24)28-20-29(26-8-4-2-5-9-26)31-30(21-28)27-10-6-3-7-11-27/h2-21H,1H3. The van der Waals surface area contributed by atoms with E-state index in [-0.39, 0.29) is 0 Å². The Balaban J connectivity index is 1.58. The first-order chi connectivity index (χ1) is 15.3. The first-order valence-electron chi connectivity index (χ1n) is 10.6. The summed E-state index contributed by atoms with van der Waals surface area (Å²) in [6.07, 6.45) is 0. The second-order valence-electron chi connectivity index (χ2n) is 7.80. The number of pyridine rings is 1. The van der Waals surface area contributed by atoms with Gasteiger partial charge in [-0.05, 0) is 41.3 Å². The smallest absolute Gasteiger partial charge is 0.0715 e. The number of hydrogen-bond donors (Lipinski definition) is 0. The molecule has 5 rings (SSSR count). The summed E-state index contributed by atoms with van der Waals surface area (Å²) in [5.74, 6) is 0. The largest absolute Gasteiger partial charge is 0.248 e. The number of nitrogens with zero attached hydrogens (tertiary/aromatic N) is 1. The first kappa shape index (κ1) is 19.0. The molecule has 0 N–H and O–H groups in total. The summed E-state index contributed by atoms with van der Waals surface area (Å²) in [6, 6.07) is 42.6. The minimum Gasteiger partial charge on any atom is -0.248 e. The summed E-state index contributed by atoms with van der Waals surface area (Å²) in [5.41, 5.74) is 10.3. The highest BCUT2D eigenvalue weighted by Gasteiger charge is 2.09. The summed E-state index contributed by atoms with van der Waals surface area (Å²) in [7, 11) is 0. The molecule has 0 unspecified atom stereocenters. The minimum atomic E-state index is 0.986. The van der Waals surface area contributed by atoms with Gasteiger partial charge in [-0.1, -0.05) is 115 Å². The predicted molar refractivity (Wildman–Crippen MR) is 131 cm³/mol. The lowest BCUT2D eigenvalue weighted by Gasteiger charge is -2.11. The maximum Gasteiger partial charge on any atom is 0.0715 e. The van der Waals surface area contributed by atoms with Crippen LogP contribution in [0.5, 0.6) is 0 Å². The van der Waals surface area contributed by atoms with Crippen LogP contribution in [0.25, 0.3) is 44.8 Å². The number of aromatic nitrogens is 1. The van der Waals surface area contributed by atoms with E-state index in [9.17, 15) is 0 Å². The third-order valence-corrected chi connectivity index (χ3v) is 5.57. The third-order valence-electron chi connectivity index (χ3n) is 5.57. The van der Waals surface area contributed by atoms with Crippen molar-refractivity contribution in [2.24, 2.45) is 0 Å². The van der Waals surface area contributed by atoms with Gasteiger partial charge in [-0.2, -0.15) is 0 Å². The predicted octanol–water partition coefficient (Wildman–Crippen LogP) is 8.06. The second-order valence-corrected chi connectivity index (χ2v) is 7.80. The lowest BCUT2D eigenvalue weighted by atomic mass is 9.97. The van der Waals surface area contributed by atoms with Gasteiger partial charge < -0.3 is 0 Å². The van der Waals surface area contributed by atoms with Crippen molar-refractivity contribution in [2.75, 3.05) is 0 Å². The van der Waals surface area contributed by atoms with Gasteiger partial charge in [-0.25, -0.2) is 4.98 Å². The van der Waals surface area contributed by atoms with Gasteiger partial charge in [-0.3, -0.25) is 0 Å². The fraction of sp³-hybridized carbons (Fsp3) is 0.0333. The van der Waals surface area contributed by atoms with E-state index < -0.39 is 0 Å². The van der Waals surface area contributed by atoms with Crippen LogP contribution in [-0.2, 0) is 0 Å². The Morgan fingerprint density at radius 1 is 0.387 bits per heavy atom. The molecule has 1 heteroatoms. The summed E-state index contributed by atoms with van der Waals surface area (Å²) in [5, 5.41) is 0. The highest BCUT2D eigenvalue weighted by molar-refractivity contribution is 5.78.